The van der Waals surface area contributed by atoms with E-state index < -0.39 is 0 Å². The Hall–Kier alpha value is -2.75. The van der Waals surface area contributed by atoms with Crippen molar-refractivity contribution in [3.8, 4) is 5.75 Å². The van der Waals surface area contributed by atoms with Crippen LogP contribution in [0.1, 0.15) is 27.2 Å². The average molecular weight is 277 g/mol. The second-order valence-corrected chi connectivity index (χ2v) is 5.06. The summed E-state index contributed by atoms with van der Waals surface area (Å²) in [4.78, 5) is 15.5. The fraction of sp³-hybridized carbons (Fsp3) is 0.0588. The molecule has 4 heteroatoms. The smallest absolute Gasteiger partial charge is 0.209 e. The van der Waals surface area contributed by atoms with E-state index in [1.54, 1.807) is 6.07 Å². The van der Waals surface area contributed by atoms with Crippen molar-refractivity contribution >= 4 is 22.4 Å². The zero-order chi connectivity index (χ0) is 15.1. The predicted octanol–water partition coefficient (Wildman–Crippen LogP) is 3.39. The highest BCUT2D eigenvalue weighted by atomic mass is 16.3. The van der Waals surface area contributed by atoms with Crippen LogP contribution >= 0.6 is 0 Å². The number of aryl methyl sites for hydroxylation is 1. The maximum absolute atomic E-state index is 12.5. The number of carbonyl (C=O) groups is 1. The Morgan fingerprint density at radius 1 is 1.24 bits per heavy atom. The van der Waals surface area contributed by atoms with Crippen molar-refractivity contribution in [1.82, 2.24) is 10.7 Å². The van der Waals surface area contributed by atoms with Crippen molar-refractivity contribution in [2.75, 3.05) is 0 Å². The van der Waals surface area contributed by atoms with Crippen molar-refractivity contribution in [1.29, 1.82) is 0 Å². The minimum absolute atomic E-state index is 0.0289. The van der Waals surface area contributed by atoms with Crippen molar-refractivity contribution in [2.45, 2.75) is 6.92 Å². The monoisotopic (exact) mass is 277 g/mol. The number of aromatic nitrogens is 1. The summed E-state index contributed by atoms with van der Waals surface area (Å²) in [5.41, 5.74) is 10.2. The molecule has 0 atom stereocenters. The number of rotatable bonds is 2. The molecule has 0 amide bonds. The minimum atomic E-state index is -0.285. The maximum atomic E-state index is 12.5. The molecule has 3 rings (SSSR count). The lowest BCUT2D eigenvalue weighted by molar-refractivity contribution is 0.103. The molecule has 3 N–H and O–H groups in total. The molecule has 0 aliphatic rings. The van der Waals surface area contributed by atoms with Crippen molar-refractivity contribution in [3.63, 3.8) is 0 Å². The van der Waals surface area contributed by atoms with Gasteiger partial charge in [0.05, 0.1) is 11.4 Å². The van der Waals surface area contributed by atoms with E-state index >= 15 is 0 Å². The number of carbonyl (C=O) groups excluding carboxylic acids is 1. The molecule has 0 saturated heterocycles. The van der Waals surface area contributed by atoms with Crippen LogP contribution in [0.5, 0.6) is 5.75 Å². The molecular formula is C17H13N2O2. The van der Waals surface area contributed by atoms with Crippen LogP contribution in [0.15, 0.2) is 36.4 Å². The van der Waals surface area contributed by atoms with Gasteiger partial charge in [-0.3, -0.25) is 4.79 Å². The molecule has 0 spiro atoms. The van der Waals surface area contributed by atoms with Crippen LogP contribution in [-0.4, -0.2) is 15.9 Å². The third kappa shape index (κ3) is 2.25. The number of aromatic amines is 1. The third-order valence-corrected chi connectivity index (χ3v) is 3.44. The first-order chi connectivity index (χ1) is 9.95. The Morgan fingerprint density at radius 2 is 2.00 bits per heavy atom. The number of fused-ring (bicyclic) bond motifs is 1. The number of H-pyrrole nitrogens is 1. The summed E-state index contributed by atoms with van der Waals surface area (Å²) >= 11 is 0. The Labute approximate surface area is 122 Å². The zero-order valence-electron chi connectivity index (χ0n) is 11.4. The molecule has 0 fully saturated rings. The molecule has 3 radical (unpaired) electrons. The Kier molecular flexibility index (Phi) is 2.94. The molecule has 0 aliphatic heterocycles. The van der Waals surface area contributed by atoms with E-state index in [4.69, 9.17) is 12.7 Å². The van der Waals surface area contributed by atoms with Gasteiger partial charge in [0.15, 0.2) is 0 Å². The Morgan fingerprint density at radius 3 is 2.71 bits per heavy atom. The molecule has 0 saturated carbocycles. The number of ketones is 1. The molecule has 0 bridgehead atoms. The molecule has 0 aliphatic carbocycles. The summed E-state index contributed by atoms with van der Waals surface area (Å²) in [5.74, 6) is -0.537. The molecule has 2 aromatic carbocycles. The number of phenolic OH excluding ortho intramolecular Hbond substituents is 1. The maximum Gasteiger partial charge on any atom is 0.209 e. The normalized spacial score (nSPS) is 11.0. The summed E-state index contributed by atoms with van der Waals surface area (Å²) in [6.07, 6.45) is 0. The number of nitrogens with one attached hydrogen (secondary N) is 2. The fourth-order valence-corrected chi connectivity index (χ4v) is 2.30. The minimum Gasteiger partial charge on any atom is -0.508 e. The Balaban J connectivity index is 2.08. The first-order valence-electron chi connectivity index (χ1n) is 6.44. The summed E-state index contributed by atoms with van der Waals surface area (Å²) in [6, 6.07) is 10.3. The van der Waals surface area contributed by atoms with Gasteiger partial charge >= 0.3 is 0 Å². The topological polar surface area (TPSA) is 76.9 Å². The average Bonchev–Trinajstić information content (AvgIpc) is 2.86. The number of hydrogen-bond donors (Lipinski definition) is 2. The molecule has 1 aromatic heterocycles. The van der Waals surface area contributed by atoms with E-state index in [0.29, 0.717) is 5.69 Å². The second kappa shape index (κ2) is 4.66. The van der Waals surface area contributed by atoms with Crippen LogP contribution in [0.4, 0.5) is 5.69 Å². The number of benzene rings is 2. The van der Waals surface area contributed by atoms with E-state index in [2.05, 4.69) is 4.98 Å². The van der Waals surface area contributed by atoms with Crippen molar-refractivity contribution < 1.29 is 9.90 Å². The van der Waals surface area contributed by atoms with Gasteiger partial charge in [0.2, 0.25) is 5.78 Å². The fourth-order valence-electron chi connectivity index (χ4n) is 2.30. The molecule has 3 aromatic rings. The van der Waals surface area contributed by atoms with Crippen molar-refractivity contribution in [2.24, 2.45) is 0 Å². The van der Waals surface area contributed by atoms with Gasteiger partial charge in [-0.25, -0.2) is 0 Å². The van der Waals surface area contributed by atoms with Crippen LogP contribution in [0, 0.1) is 13.8 Å². The standard InChI is InChI=1S/C17H13N2O2/c1-9-3-4-14-11(5-9)7-15(19-14)17(21)12-6-13(18)10(2)16(20)8-12/h2-8,18-20H,1H3. The SMILES string of the molecule is [CH]c1c([NH])cc(C(=O)c2cc3cc(C)ccc3[nH]2)cc1O. The molecule has 21 heavy (non-hydrogen) atoms. The van der Waals surface area contributed by atoms with Gasteiger partial charge in [-0.1, -0.05) is 11.6 Å². The third-order valence-electron chi connectivity index (χ3n) is 3.44. The Bertz CT molecular complexity index is 839. The molecule has 0 unspecified atom stereocenters. The van der Waals surface area contributed by atoms with E-state index in [1.165, 1.54) is 12.1 Å². The van der Waals surface area contributed by atoms with Gasteiger partial charge in [-0.2, -0.15) is 0 Å². The summed E-state index contributed by atoms with van der Waals surface area (Å²) in [7, 11) is 0. The number of hydrogen-bond acceptors (Lipinski definition) is 2. The lowest BCUT2D eigenvalue weighted by Gasteiger charge is -2.05. The van der Waals surface area contributed by atoms with Gasteiger partial charge in [0.25, 0.3) is 0 Å². The van der Waals surface area contributed by atoms with E-state index in [-0.39, 0.29) is 28.3 Å². The van der Waals surface area contributed by atoms with Crippen LogP contribution in [0.3, 0.4) is 0 Å². The molecule has 1 heterocycles. The quantitative estimate of drug-likeness (QED) is 0.704. The zero-order valence-corrected chi connectivity index (χ0v) is 11.4. The lowest BCUT2D eigenvalue weighted by atomic mass is 10.0. The molecule has 103 valence electrons. The van der Waals surface area contributed by atoms with Crippen LogP contribution < -0.4 is 5.73 Å². The lowest BCUT2D eigenvalue weighted by Crippen LogP contribution is -2.02. The van der Waals surface area contributed by atoms with Gasteiger partial charge in [0, 0.05) is 29.0 Å². The largest absolute Gasteiger partial charge is 0.508 e. The molecular weight excluding hydrogens is 264 g/mol. The van der Waals surface area contributed by atoms with E-state index in [0.717, 1.165) is 16.5 Å². The molecule has 4 nitrogen and oxygen atoms in total. The van der Waals surface area contributed by atoms with Gasteiger partial charge in [-0.05, 0) is 37.3 Å². The van der Waals surface area contributed by atoms with Crippen LogP contribution in [-0.2, 0) is 0 Å². The van der Waals surface area contributed by atoms with E-state index in [1.807, 2.05) is 25.1 Å². The van der Waals surface area contributed by atoms with Gasteiger partial charge < -0.3 is 15.8 Å². The number of aromatic hydroxyl groups is 1. The predicted molar refractivity (Wildman–Crippen MR) is 80.7 cm³/mol. The van der Waals surface area contributed by atoms with E-state index in [9.17, 15) is 9.90 Å². The summed E-state index contributed by atoms with van der Waals surface area (Å²) < 4.78 is 0. The first-order valence-corrected chi connectivity index (χ1v) is 6.44. The second-order valence-electron chi connectivity index (χ2n) is 5.06. The first kappa shape index (κ1) is 13.2. The van der Waals surface area contributed by atoms with Gasteiger partial charge in [0.1, 0.15) is 5.75 Å². The highest BCUT2D eigenvalue weighted by Crippen LogP contribution is 2.27. The van der Waals surface area contributed by atoms with Gasteiger partial charge in [-0.15, -0.1) is 0 Å². The highest BCUT2D eigenvalue weighted by Gasteiger charge is 2.15. The highest BCUT2D eigenvalue weighted by molar-refractivity contribution is 6.10. The summed E-state index contributed by atoms with van der Waals surface area (Å²) in [6.45, 7) is 7.50. The van der Waals surface area contributed by atoms with Crippen molar-refractivity contribution in [3.05, 3.63) is 65.7 Å². The summed E-state index contributed by atoms with van der Waals surface area (Å²) in [5, 5.41) is 10.6. The van der Waals surface area contributed by atoms with Crippen LogP contribution in [0.2, 0.25) is 0 Å². The van der Waals surface area contributed by atoms with Crippen LogP contribution in [0.25, 0.3) is 10.9 Å². The number of phenols is 1.